The SMILES string of the molecule is Cc1cc2c(cc1C)N(c1cccc(Oc3ccc4c5c(C(C)(C)C)cccc5n(-c5cc(C(C)(C)C)ccn5)c4c3)c1)CN2Cc1cccc(-c2c(C(C)C)cc(C(C)C)cc2C(C)C)c1. The molecule has 3 heterocycles. The summed E-state index contributed by atoms with van der Waals surface area (Å²) in [6.45, 7) is 33.6. The van der Waals surface area contributed by atoms with Gasteiger partial charge in [0.25, 0.3) is 0 Å². The quantitative estimate of drug-likeness (QED) is 0.137. The summed E-state index contributed by atoms with van der Waals surface area (Å²) in [5.41, 5.74) is 19.2. The average molecular weight is 887 g/mol. The van der Waals surface area contributed by atoms with Crippen LogP contribution in [-0.2, 0) is 17.4 Å². The van der Waals surface area contributed by atoms with Crippen LogP contribution in [0.25, 0.3) is 38.8 Å². The second-order valence-corrected chi connectivity index (χ2v) is 22.1. The number of nitrogens with zero attached hydrogens (tertiary/aromatic N) is 4. The highest BCUT2D eigenvalue weighted by molar-refractivity contribution is 6.11. The first kappa shape index (κ1) is 45.8. The summed E-state index contributed by atoms with van der Waals surface area (Å²) in [6.07, 6.45) is 1.95. The van der Waals surface area contributed by atoms with Gasteiger partial charge in [0.15, 0.2) is 0 Å². The smallest absolute Gasteiger partial charge is 0.137 e. The van der Waals surface area contributed by atoms with Crippen LogP contribution >= 0.6 is 0 Å². The van der Waals surface area contributed by atoms with E-state index in [4.69, 9.17) is 9.72 Å². The molecule has 0 unspecified atom stereocenters. The second kappa shape index (κ2) is 17.4. The minimum Gasteiger partial charge on any atom is -0.457 e. The van der Waals surface area contributed by atoms with Crippen molar-refractivity contribution in [3.63, 3.8) is 0 Å². The maximum atomic E-state index is 6.86. The minimum atomic E-state index is -0.0465. The van der Waals surface area contributed by atoms with Crippen molar-refractivity contribution in [1.82, 2.24) is 9.55 Å². The molecule has 0 saturated heterocycles. The zero-order valence-electron chi connectivity index (χ0n) is 42.5. The van der Waals surface area contributed by atoms with E-state index < -0.39 is 0 Å². The molecule has 1 aliphatic heterocycles. The van der Waals surface area contributed by atoms with Crippen molar-refractivity contribution < 1.29 is 4.74 Å². The summed E-state index contributed by atoms with van der Waals surface area (Å²) in [7, 11) is 0. The molecule has 0 radical (unpaired) electrons. The van der Waals surface area contributed by atoms with E-state index in [0.717, 1.165) is 47.3 Å². The van der Waals surface area contributed by atoms with Gasteiger partial charge in [-0.15, -0.1) is 0 Å². The van der Waals surface area contributed by atoms with E-state index in [-0.39, 0.29) is 10.8 Å². The first-order valence-corrected chi connectivity index (χ1v) is 24.5. The van der Waals surface area contributed by atoms with E-state index in [1.165, 1.54) is 77.8 Å². The highest BCUT2D eigenvalue weighted by Gasteiger charge is 2.29. The molecule has 0 N–H and O–H groups in total. The monoisotopic (exact) mass is 887 g/mol. The topological polar surface area (TPSA) is 33.5 Å². The van der Waals surface area contributed by atoms with Crippen LogP contribution in [-0.4, -0.2) is 16.2 Å². The van der Waals surface area contributed by atoms with Crippen molar-refractivity contribution in [3.8, 4) is 28.4 Å². The number of aromatic nitrogens is 2. The summed E-state index contributed by atoms with van der Waals surface area (Å²) in [4.78, 5) is 9.95. The predicted molar refractivity (Wildman–Crippen MR) is 286 cm³/mol. The Morgan fingerprint density at radius 1 is 0.612 bits per heavy atom. The molecule has 9 rings (SSSR count). The van der Waals surface area contributed by atoms with Crippen LogP contribution in [0.15, 0.2) is 128 Å². The Kier molecular flexibility index (Phi) is 11.9. The molecule has 2 aromatic heterocycles. The molecule has 344 valence electrons. The lowest BCUT2D eigenvalue weighted by Gasteiger charge is -2.25. The van der Waals surface area contributed by atoms with Gasteiger partial charge in [-0.3, -0.25) is 4.57 Å². The van der Waals surface area contributed by atoms with Gasteiger partial charge in [-0.25, -0.2) is 4.98 Å². The Hall–Kier alpha value is -6.33. The fourth-order valence-electron chi connectivity index (χ4n) is 10.1. The van der Waals surface area contributed by atoms with Crippen molar-refractivity contribution in [2.75, 3.05) is 16.5 Å². The van der Waals surface area contributed by atoms with Gasteiger partial charge in [-0.2, -0.15) is 0 Å². The Labute approximate surface area is 400 Å². The molecule has 8 aromatic rings. The molecule has 67 heavy (non-hydrogen) atoms. The van der Waals surface area contributed by atoms with Crippen LogP contribution in [0.3, 0.4) is 0 Å². The molecule has 0 saturated carbocycles. The van der Waals surface area contributed by atoms with Crippen LogP contribution < -0.4 is 14.5 Å². The highest BCUT2D eigenvalue weighted by atomic mass is 16.5. The average Bonchev–Trinajstić information content (AvgIpc) is 3.79. The number of ether oxygens (including phenoxy) is 1. The number of hydrogen-bond donors (Lipinski definition) is 0. The first-order valence-electron chi connectivity index (χ1n) is 24.5. The predicted octanol–water partition coefficient (Wildman–Crippen LogP) is 17.3. The largest absolute Gasteiger partial charge is 0.457 e. The van der Waals surface area contributed by atoms with Gasteiger partial charge in [0.2, 0.25) is 0 Å². The fraction of sp³-hybridized carbons (Fsp3) is 0.339. The maximum absolute atomic E-state index is 6.86. The number of hydrogen-bond acceptors (Lipinski definition) is 4. The number of anilines is 3. The summed E-state index contributed by atoms with van der Waals surface area (Å²) in [6, 6.07) is 45.2. The first-order chi connectivity index (χ1) is 31.8. The number of pyridine rings is 1. The molecule has 0 fully saturated rings. The molecule has 0 atom stereocenters. The van der Waals surface area contributed by atoms with E-state index in [2.05, 4.69) is 233 Å². The second-order valence-electron chi connectivity index (χ2n) is 22.1. The Bertz CT molecular complexity index is 3120. The van der Waals surface area contributed by atoms with Gasteiger partial charge < -0.3 is 14.5 Å². The number of fused-ring (bicyclic) bond motifs is 4. The van der Waals surface area contributed by atoms with E-state index in [1.54, 1.807) is 0 Å². The van der Waals surface area contributed by atoms with Crippen molar-refractivity contribution >= 4 is 38.9 Å². The fourth-order valence-corrected chi connectivity index (χ4v) is 10.1. The Morgan fingerprint density at radius 3 is 1.96 bits per heavy atom. The lowest BCUT2D eigenvalue weighted by molar-refractivity contribution is 0.483. The summed E-state index contributed by atoms with van der Waals surface area (Å²) in [5, 5.41) is 2.45. The summed E-state index contributed by atoms with van der Waals surface area (Å²) in [5.74, 6) is 3.82. The Balaban J connectivity index is 1.06. The van der Waals surface area contributed by atoms with Gasteiger partial charge in [-0.05, 0) is 159 Å². The van der Waals surface area contributed by atoms with Gasteiger partial charge >= 0.3 is 0 Å². The third-order valence-corrected chi connectivity index (χ3v) is 14.0. The zero-order valence-corrected chi connectivity index (χ0v) is 42.5. The van der Waals surface area contributed by atoms with Crippen molar-refractivity contribution in [1.29, 1.82) is 0 Å². The van der Waals surface area contributed by atoms with Crippen LogP contribution in [0.2, 0.25) is 0 Å². The molecule has 6 aromatic carbocycles. The molecule has 5 nitrogen and oxygen atoms in total. The van der Waals surface area contributed by atoms with Crippen LogP contribution in [0.5, 0.6) is 11.5 Å². The molecule has 1 aliphatic rings. The number of rotatable bonds is 10. The molecule has 0 aliphatic carbocycles. The molecule has 0 bridgehead atoms. The van der Waals surface area contributed by atoms with E-state index >= 15 is 0 Å². The normalized spacial score (nSPS) is 13.3. The van der Waals surface area contributed by atoms with Gasteiger partial charge in [-0.1, -0.05) is 132 Å². The van der Waals surface area contributed by atoms with Crippen LogP contribution in [0, 0.1) is 13.8 Å². The Morgan fingerprint density at radius 2 is 1.28 bits per heavy atom. The van der Waals surface area contributed by atoms with E-state index in [9.17, 15) is 0 Å². The molecular weight excluding hydrogens is 817 g/mol. The molecule has 5 heteroatoms. The lowest BCUT2D eigenvalue weighted by atomic mass is 9.81. The highest BCUT2D eigenvalue weighted by Crippen LogP contribution is 2.46. The summed E-state index contributed by atoms with van der Waals surface area (Å²) < 4.78 is 9.18. The number of aryl methyl sites for hydroxylation is 2. The number of benzene rings is 6. The third-order valence-electron chi connectivity index (χ3n) is 14.0. The van der Waals surface area contributed by atoms with Gasteiger partial charge in [0, 0.05) is 41.3 Å². The van der Waals surface area contributed by atoms with Crippen LogP contribution in [0.4, 0.5) is 17.1 Å². The zero-order chi connectivity index (χ0) is 47.7. The van der Waals surface area contributed by atoms with Gasteiger partial charge in [0.05, 0.1) is 29.1 Å². The maximum Gasteiger partial charge on any atom is 0.137 e. The van der Waals surface area contributed by atoms with E-state index in [1.807, 2.05) is 6.20 Å². The minimum absolute atomic E-state index is 0.0162. The lowest BCUT2D eigenvalue weighted by Crippen LogP contribution is -2.27. The van der Waals surface area contributed by atoms with Gasteiger partial charge in [0.1, 0.15) is 17.3 Å². The van der Waals surface area contributed by atoms with Crippen molar-refractivity contribution in [2.45, 2.75) is 132 Å². The standard InChI is InChI=1S/C62H70N4O/c1-38(2)45-31-51(39(3)4)59(52(32-45)40(5)6)44-19-15-18-43(30-44)36-64-37-65(57-29-42(8)41(7)28-56(57)64)47-20-16-21-48(34-47)67-49-24-25-50-55(35-49)66(58-33-46(26-27-63-58)61(9,10)11)54-23-17-22-53(60(50)54)62(12,13)14/h15-35,38-40H,36-37H2,1-14H3. The molecular formula is C62H70N4O. The van der Waals surface area contributed by atoms with Crippen molar-refractivity contribution in [3.05, 3.63) is 172 Å². The van der Waals surface area contributed by atoms with Crippen molar-refractivity contribution in [2.24, 2.45) is 0 Å². The van der Waals surface area contributed by atoms with Crippen LogP contribution in [0.1, 0.15) is 145 Å². The molecule has 0 amide bonds. The third kappa shape index (κ3) is 8.74. The van der Waals surface area contributed by atoms with E-state index in [0.29, 0.717) is 17.8 Å². The molecule has 0 spiro atoms. The summed E-state index contributed by atoms with van der Waals surface area (Å²) >= 11 is 0.